The Hall–Kier alpha value is -4.50. The zero-order valence-electron chi connectivity index (χ0n) is 29.7. The molecule has 0 bridgehead atoms. The van der Waals surface area contributed by atoms with Crippen molar-refractivity contribution in [2.45, 2.75) is 82.2 Å². The summed E-state index contributed by atoms with van der Waals surface area (Å²) in [4.78, 5) is 48.6. The molecule has 2 saturated heterocycles. The van der Waals surface area contributed by atoms with Gasteiger partial charge in [-0.1, -0.05) is 60.7 Å². The molecule has 6 rings (SSSR count). The predicted molar refractivity (Wildman–Crippen MR) is 184 cm³/mol. The molecule has 282 valence electrons. The summed E-state index contributed by atoms with van der Waals surface area (Å²) in [5.41, 5.74) is 2.72. The van der Waals surface area contributed by atoms with Crippen molar-refractivity contribution in [2.75, 3.05) is 40.6 Å². The number of rotatable bonds is 9. The van der Waals surface area contributed by atoms with Gasteiger partial charge in [-0.25, -0.2) is 19.2 Å². The lowest BCUT2D eigenvalue weighted by atomic mass is 9.80. The summed E-state index contributed by atoms with van der Waals surface area (Å²) in [6.07, 6.45) is 3.96. The van der Waals surface area contributed by atoms with Crippen molar-refractivity contribution in [2.24, 2.45) is 5.92 Å². The first-order valence-electron chi connectivity index (χ1n) is 17.6. The highest BCUT2D eigenvalue weighted by molar-refractivity contribution is 5.93. The van der Waals surface area contributed by atoms with Crippen molar-refractivity contribution in [3.63, 3.8) is 0 Å². The summed E-state index contributed by atoms with van der Waals surface area (Å²) in [6.45, 7) is 2.67. The van der Waals surface area contributed by atoms with Crippen LogP contribution in [0, 0.1) is 5.92 Å². The number of nitrogens with one attached hydrogen (secondary N) is 2. The molecular formula is C38H48N2O12. The second kappa shape index (κ2) is 18.8. The first-order valence-corrected chi connectivity index (χ1v) is 17.6. The van der Waals surface area contributed by atoms with Gasteiger partial charge in [0.05, 0.1) is 40.6 Å². The molecule has 52 heavy (non-hydrogen) atoms. The van der Waals surface area contributed by atoms with Gasteiger partial charge in [-0.2, -0.15) is 0 Å². The Kier molecular flexibility index (Phi) is 14.0. The molecule has 2 aliphatic heterocycles. The number of esters is 2. The highest BCUT2D eigenvalue weighted by atomic mass is 16.7. The van der Waals surface area contributed by atoms with Crippen molar-refractivity contribution in [3.05, 3.63) is 83.1 Å². The van der Waals surface area contributed by atoms with Gasteiger partial charge in [0.2, 0.25) is 0 Å². The molecule has 1 atom stereocenters. The lowest BCUT2D eigenvalue weighted by molar-refractivity contribution is -0.185. The van der Waals surface area contributed by atoms with Gasteiger partial charge in [0.15, 0.2) is 11.6 Å². The first kappa shape index (κ1) is 38.7. The van der Waals surface area contributed by atoms with Crippen molar-refractivity contribution in [3.8, 4) is 0 Å². The Morgan fingerprint density at radius 1 is 0.692 bits per heavy atom. The number of carbonyl (C=O) groups is 4. The number of hydrogen-bond donors (Lipinski definition) is 2. The van der Waals surface area contributed by atoms with E-state index in [-0.39, 0.29) is 24.8 Å². The Balaban J connectivity index is 0.000000201. The summed E-state index contributed by atoms with van der Waals surface area (Å²) >= 11 is 0. The SMILES string of the molecule is COC(=O)C(NC(=O)OCc1ccccc1)=C1CCC2(CC1)OCCO2.COC(=O)[C@@H](NC(=O)OCc1ccccc1)C1CCC2(CC1)OCCO2. The molecule has 4 fully saturated rings. The van der Waals surface area contributed by atoms with Gasteiger partial charge in [0.1, 0.15) is 25.0 Å². The standard InChI is InChI=1S/C19H25NO6.C19H23NO6/c2*1-23-17(21)16(15-7-9-19(10-8-15)25-11-12-26-19)20-18(22)24-13-14-5-3-2-4-6-14/h2-6,15-16H,7-13H2,1H3,(H,20,22);2-6H,7-13H2,1H3,(H,20,22)/t16-;/m0./s1. The van der Waals surface area contributed by atoms with E-state index in [1.54, 1.807) is 0 Å². The Labute approximate surface area is 303 Å². The summed E-state index contributed by atoms with van der Waals surface area (Å²) < 4.78 is 42.9. The highest BCUT2D eigenvalue weighted by Gasteiger charge is 2.44. The van der Waals surface area contributed by atoms with Crippen molar-refractivity contribution >= 4 is 24.1 Å². The van der Waals surface area contributed by atoms with Crippen LogP contribution in [0.1, 0.15) is 62.5 Å². The summed E-state index contributed by atoms with van der Waals surface area (Å²) in [5.74, 6) is -2.13. The minimum atomic E-state index is -0.734. The van der Waals surface area contributed by atoms with Crippen LogP contribution in [0.3, 0.4) is 0 Å². The molecule has 0 aromatic heterocycles. The van der Waals surface area contributed by atoms with E-state index in [1.807, 2.05) is 60.7 Å². The summed E-state index contributed by atoms with van der Waals surface area (Å²) in [5, 5.41) is 5.22. The van der Waals surface area contributed by atoms with Crippen molar-refractivity contribution in [1.29, 1.82) is 0 Å². The maximum Gasteiger partial charge on any atom is 0.412 e. The van der Waals surface area contributed by atoms with E-state index in [0.29, 0.717) is 77.8 Å². The van der Waals surface area contributed by atoms with E-state index in [4.69, 9.17) is 37.9 Å². The molecule has 0 radical (unpaired) electrons. The smallest absolute Gasteiger partial charge is 0.412 e. The zero-order chi connectivity index (χ0) is 36.8. The maximum absolute atomic E-state index is 12.2. The van der Waals surface area contributed by atoms with Gasteiger partial charge in [0, 0.05) is 25.7 Å². The monoisotopic (exact) mass is 724 g/mol. The molecule has 2 saturated carbocycles. The average molecular weight is 725 g/mol. The Morgan fingerprint density at radius 2 is 1.17 bits per heavy atom. The number of methoxy groups -OCH3 is 2. The van der Waals surface area contributed by atoms with Gasteiger partial charge in [-0.05, 0) is 48.3 Å². The number of allylic oxidation sites excluding steroid dienone is 1. The molecule has 2 aromatic rings. The normalized spacial score (nSPS) is 20.5. The third-order valence-electron chi connectivity index (χ3n) is 9.63. The molecule has 2 heterocycles. The number of benzene rings is 2. The van der Waals surface area contributed by atoms with E-state index in [2.05, 4.69) is 10.6 Å². The molecule has 2 amide bonds. The fourth-order valence-corrected chi connectivity index (χ4v) is 6.80. The molecule has 0 unspecified atom stereocenters. The van der Waals surface area contributed by atoms with Crippen LogP contribution in [0.5, 0.6) is 0 Å². The third-order valence-corrected chi connectivity index (χ3v) is 9.63. The lowest BCUT2D eigenvalue weighted by Crippen LogP contribution is -2.49. The second-order valence-electron chi connectivity index (χ2n) is 12.9. The summed E-state index contributed by atoms with van der Waals surface area (Å²) in [6, 6.07) is 18.0. The molecule has 2 aromatic carbocycles. The van der Waals surface area contributed by atoms with E-state index in [1.165, 1.54) is 14.2 Å². The van der Waals surface area contributed by atoms with Crippen LogP contribution < -0.4 is 10.6 Å². The maximum atomic E-state index is 12.2. The van der Waals surface area contributed by atoms with E-state index < -0.39 is 41.7 Å². The fourth-order valence-electron chi connectivity index (χ4n) is 6.80. The predicted octanol–water partition coefficient (Wildman–Crippen LogP) is 5.04. The largest absolute Gasteiger partial charge is 0.467 e. The topological polar surface area (TPSA) is 166 Å². The van der Waals surface area contributed by atoms with Crippen LogP contribution in [0.25, 0.3) is 0 Å². The van der Waals surface area contributed by atoms with Crippen LogP contribution in [-0.4, -0.2) is 82.4 Å². The van der Waals surface area contributed by atoms with Crippen LogP contribution >= 0.6 is 0 Å². The number of hydrogen-bond acceptors (Lipinski definition) is 12. The number of carbonyl (C=O) groups excluding carboxylic acids is 4. The van der Waals surface area contributed by atoms with Gasteiger partial charge in [-0.15, -0.1) is 0 Å². The van der Waals surface area contributed by atoms with E-state index >= 15 is 0 Å². The zero-order valence-corrected chi connectivity index (χ0v) is 29.7. The molecule has 2 N–H and O–H groups in total. The number of alkyl carbamates (subject to hydrolysis) is 2. The molecule has 2 spiro atoms. The Bertz CT molecular complexity index is 1500. The van der Waals surface area contributed by atoms with Crippen LogP contribution in [0.2, 0.25) is 0 Å². The van der Waals surface area contributed by atoms with E-state index in [9.17, 15) is 19.2 Å². The summed E-state index contributed by atoms with van der Waals surface area (Å²) in [7, 11) is 2.60. The molecule has 14 heteroatoms. The van der Waals surface area contributed by atoms with Gasteiger partial charge in [0.25, 0.3) is 0 Å². The average Bonchev–Trinajstić information content (AvgIpc) is 3.85. The van der Waals surface area contributed by atoms with Gasteiger partial charge >= 0.3 is 24.1 Å². The number of ether oxygens (including phenoxy) is 8. The molecule has 4 aliphatic rings. The molecule has 2 aliphatic carbocycles. The Morgan fingerprint density at radius 3 is 1.65 bits per heavy atom. The van der Waals surface area contributed by atoms with Gasteiger partial charge in [-0.3, -0.25) is 5.32 Å². The van der Waals surface area contributed by atoms with Gasteiger partial charge < -0.3 is 43.2 Å². The molecular weight excluding hydrogens is 676 g/mol. The quantitative estimate of drug-likeness (QED) is 0.201. The lowest BCUT2D eigenvalue weighted by Gasteiger charge is -2.37. The highest BCUT2D eigenvalue weighted by Crippen LogP contribution is 2.40. The van der Waals surface area contributed by atoms with Crippen LogP contribution in [-0.2, 0) is 60.7 Å². The molecule has 14 nitrogen and oxygen atoms in total. The number of amides is 2. The van der Waals surface area contributed by atoms with Crippen LogP contribution in [0.4, 0.5) is 9.59 Å². The van der Waals surface area contributed by atoms with Crippen molar-refractivity contribution in [1.82, 2.24) is 10.6 Å². The second-order valence-corrected chi connectivity index (χ2v) is 12.9. The van der Waals surface area contributed by atoms with Crippen LogP contribution in [0.15, 0.2) is 71.9 Å². The minimum Gasteiger partial charge on any atom is -0.467 e. The first-order chi connectivity index (χ1) is 25.2. The van der Waals surface area contributed by atoms with E-state index in [0.717, 1.165) is 16.7 Å². The minimum absolute atomic E-state index is 0.0369. The van der Waals surface area contributed by atoms with Crippen molar-refractivity contribution < 1.29 is 57.1 Å². The fraction of sp³-hybridized carbons (Fsp3) is 0.526. The third kappa shape index (κ3) is 10.8.